The molecule has 29 heavy (non-hydrogen) atoms. The van der Waals surface area contributed by atoms with Crippen molar-refractivity contribution in [2.24, 2.45) is 0 Å². The van der Waals surface area contributed by atoms with Gasteiger partial charge in [0.15, 0.2) is 11.8 Å². The molecule has 4 unspecified atom stereocenters. The second-order valence-corrected chi connectivity index (χ2v) is 6.65. The van der Waals surface area contributed by atoms with E-state index in [-0.39, 0.29) is 6.54 Å². The third kappa shape index (κ3) is 3.23. The minimum atomic E-state index is -1.45. The highest BCUT2D eigenvalue weighted by molar-refractivity contribution is 5.81. The molecule has 1 aliphatic rings. The molecule has 4 rings (SSSR count). The van der Waals surface area contributed by atoms with Crippen molar-refractivity contribution in [1.29, 1.82) is 0 Å². The van der Waals surface area contributed by atoms with E-state index in [2.05, 4.69) is 5.16 Å². The van der Waals surface area contributed by atoms with Gasteiger partial charge in [0.2, 0.25) is 0 Å². The number of methoxy groups -OCH3 is 1. The second kappa shape index (κ2) is 7.44. The molecule has 0 bridgehead atoms. The van der Waals surface area contributed by atoms with Crippen LogP contribution in [0.1, 0.15) is 11.9 Å². The van der Waals surface area contributed by atoms with E-state index in [1.165, 1.54) is 13.3 Å². The average molecular weight is 405 g/mol. The van der Waals surface area contributed by atoms with Gasteiger partial charge in [-0.2, -0.15) is 0 Å². The van der Waals surface area contributed by atoms with Crippen molar-refractivity contribution >= 4 is 11.0 Å². The Balaban J connectivity index is 1.74. The first kappa shape index (κ1) is 19.3. The third-order valence-electron chi connectivity index (χ3n) is 4.95. The Morgan fingerprint density at radius 1 is 1.21 bits per heavy atom. The fourth-order valence-electron chi connectivity index (χ4n) is 3.34. The van der Waals surface area contributed by atoms with Crippen LogP contribution in [0, 0.1) is 0 Å². The van der Waals surface area contributed by atoms with E-state index in [1.807, 2.05) is 0 Å². The van der Waals surface area contributed by atoms with Gasteiger partial charge in [-0.1, -0.05) is 5.16 Å². The van der Waals surface area contributed by atoms with Gasteiger partial charge < -0.3 is 29.3 Å². The number of ether oxygens (including phenoxy) is 2. The lowest BCUT2D eigenvalue weighted by Gasteiger charge is -2.18. The number of rotatable bonds is 5. The summed E-state index contributed by atoms with van der Waals surface area (Å²) in [5.74, 6) is 0.561. The Labute approximate surface area is 162 Å². The highest BCUT2D eigenvalue weighted by atomic mass is 16.6. The lowest BCUT2D eigenvalue weighted by atomic mass is 10.1. The van der Waals surface area contributed by atoms with Crippen molar-refractivity contribution in [3.05, 3.63) is 57.0 Å². The van der Waals surface area contributed by atoms with Crippen LogP contribution in [0.25, 0.3) is 11.0 Å². The zero-order valence-electron chi connectivity index (χ0n) is 15.3. The van der Waals surface area contributed by atoms with Gasteiger partial charge in [0, 0.05) is 12.3 Å². The van der Waals surface area contributed by atoms with Gasteiger partial charge in [-0.25, -0.2) is 4.79 Å². The predicted octanol–water partition coefficient (Wildman–Crippen LogP) is -1.18. The van der Waals surface area contributed by atoms with Crippen molar-refractivity contribution in [2.75, 3.05) is 13.7 Å². The maximum Gasteiger partial charge on any atom is 0.333 e. The smallest absolute Gasteiger partial charge is 0.333 e. The molecule has 0 spiro atoms. The molecule has 1 saturated heterocycles. The van der Waals surface area contributed by atoms with Crippen LogP contribution in [0.2, 0.25) is 0 Å². The molecule has 3 heterocycles. The van der Waals surface area contributed by atoms with Gasteiger partial charge in [0.1, 0.15) is 29.8 Å². The summed E-state index contributed by atoms with van der Waals surface area (Å²) in [5.41, 5.74) is -0.547. The molecule has 0 amide bonds. The zero-order chi connectivity index (χ0) is 20.7. The molecule has 3 N–H and O–H groups in total. The average Bonchev–Trinajstić information content (AvgIpc) is 3.26. The molecule has 3 aromatic rings. The fourth-order valence-corrected chi connectivity index (χ4v) is 3.34. The van der Waals surface area contributed by atoms with Crippen LogP contribution in [0.15, 0.2) is 44.6 Å². The monoisotopic (exact) mass is 405 g/mol. The number of aliphatic hydroxyl groups is 3. The Morgan fingerprint density at radius 2 is 2.00 bits per heavy atom. The van der Waals surface area contributed by atoms with Crippen molar-refractivity contribution < 1.29 is 29.3 Å². The Kier molecular flexibility index (Phi) is 4.96. The van der Waals surface area contributed by atoms with Gasteiger partial charge >= 0.3 is 5.69 Å². The Morgan fingerprint density at radius 3 is 2.69 bits per heavy atom. The zero-order valence-corrected chi connectivity index (χ0v) is 15.3. The quantitative estimate of drug-likeness (QED) is 0.477. The summed E-state index contributed by atoms with van der Waals surface area (Å²) in [6.45, 7) is -0.719. The molecule has 1 fully saturated rings. The highest BCUT2D eigenvalue weighted by Gasteiger charge is 2.43. The number of aromatic nitrogens is 3. The summed E-state index contributed by atoms with van der Waals surface area (Å²) in [5, 5.41) is 33.9. The van der Waals surface area contributed by atoms with Crippen molar-refractivity contribution in [2.45, 2.75) is 31.1 Å². The summed E-state index contributed by atoms with van der Waals surface area (Å²) in [4.78, 5) is 25.2. The maximum absolute atomic E-state index is 12.9. The molecule has 2 aromatic heterocycles. The number of benzene rings is 1. The first-order valence-electron chi connectivity index (χ1n) is 8.81. The fraction of sp³-hybridized carbons (Fsp3) is 0.389. The van der Waals surface area contributed by atoms with E-state index in [9.17, 15) is 24.9 Å². The normalized spacial score (nSPS) is 24.3. The number of hydrogen-bond acceptors (Lipinski definition) is 9. The first-order valence-corrected chi connectivity index (χ1v) is 8.81. The van der Waals surface area contributed by atoms with Crippen LogP contribution >= 0.6 is 0 Å². The predicted molar refractivity (Wildman–Crippen MR) is 97.6 cm³/mol. The Bertz CT molecular complexity index is 1150. The molecule has 1 aliphatic heterocycles. The lowest BCUT2D eigenvalue weighted by molar-refractivity contribution is -0.0555. The van der Waals surface area contributed by atoms with Crippen LogP contribution in [-0.4, -0.2) is 61.6 Å². The van der Waals surface area contributed by atoms with Crippen LogP contribution in [0.5, 0.6) is 5.75 Å². The molecule has 1 aromatic carbocycles. The molecular formula is C18H19N3O8. The van der Waals surface area contributed by atoms with Gasteiger partial charge in [0.25, 0.3) is 5.56 Å². The second-order valence-electron chi connectivity index (χ2n) is 6.65. The molecule has 0 radical (unpaired) electrons. The van der Waals surface area contributed by atoms with Gasteiger partial charge in [0.05, 0.1) is 25.6 Å². The Hall–Kier alpha value is -2.99. The largest absolute Gasteiger partial charge is 0.497 e. The maximum atomic E-state index is 12.9. The lowest BCUT2D eigenvalue weighted by Crippen LogP contribution is -2.43. The molecule has 11 heteroatoms. The summed E-state index contributed by atoms with van der Waals surface area (Å²) in [7, 11) is 1.51. The standard InChI is InChI=1S/C18H19N3O8/c1-27-9-2-3-12-10(6-9)11(19-29-12)7-21-14(23)4-5-20(18(21)26)17-16(25)15(24)13(8-22)28-17/h2-6,13,15-17,22,24-25H,7-8H2,1H3. The summed E-state index contributed by atoms with van der Waals surface area (Å²) < 4.78 is 17.7. The van der Waals surface area contributed by atoms with Crippen LogP contribution in [0.3, 0.4) is 0 Å². The van der Waals surface area contributed by atoms with E-state index in [4.69, 9.17) is 14.0 Å². The van der Waals surface area contributed by atoms with E-state index in [0.717, 1.165) is 15.2 Å². The van der Waals surface area contributed by atoms with Crippen molar-refractivity contribution in [3.8, 4) is 5.75 Å². The van der Waals surface area contributed by atoms with Gasteiger partial charge in [-0.15, -0.1) is 0 Å². The number of hydrogen-bond donors (Lipinski definition) is 3. The number of fused-ring (bicyclic) bond motifs is 1. The van der Waals surface area contributed by atoms with E-state index in [1.54, 1.807) is 18.2 Å². The van der Waals surface area contributed by atoms with Gasteiger partial charge in [-0.3, -0.25) is 13.9 Å². The number of aliphatic hydroxyl groups excluding tert-OH is 3. The third-order valence-corrected chi connectivity index (χ3v) is 4.95. The molecule has 0 saturated carbocycles. The van der Waals surface area contributed by atoms with E-state index < -0.39 is 42.4 Å². The molecule has 154 valence electrons. The van der Waals surface area contributed by atoms with E-state index >= 15 is 0 Å². The topological polar surface area (TPSA) is 149 Å². The van der Waals surface area contributed by atoms with Crippen LogP contribution < -0.4 is 16.0 Å². The molecular weight excluding hydrogens is 386 g/mol. The highest BCUT2D eigenvalue weighted by Crippen LogP contribution is 2.28. The number of nitrogens with zero attached hydrogens (tertiary/aromatic N) is 3. The minimum absolute atomic E-state index is 0.187. The molecule has 4 atom stereocenters. The summed E-state index contributed by atoms with van der Waals surface area (Å²) in [6.07, 6.45) is -3.95. The van der Waals surface area contributed by atoms with Crippen LogP contribution in [-0.2, 0) is 11.3 Å². The molecule has 0 aliphatic carbocycles. The first-order chi connectivity index (χ1) is 13.9. The molecule has 11 nitrogen and oxygen atoms in total. The SMILES string of the molecule is COc1ccc2onc(Cn3c(=O)ccn(C4OC(CO)C(O)C4O)c3=O)c2c1. The van der Waals surface area contributed by atoms with Gasteiger partial charge in [-0.05, 0) is 18.2 Å². The van der Waals surface area contributed by atoms with E-state index in [0.29, 0.717) is 22.4 Å². The van der Waals surface area contributed by atoms with Crippen molar-refractivity contribution in [1.82, 2.24) is 14.3 Å². The summed E-state index contributed by atoms with van der Waals surface area (Å²) in [6, 6.07) is 6.18. The summed E-state index contributed by atoms with van der Waals surface area (Å²) >= 11 is 0. The van der Waals surface area contributed by atoms with Crippen LogP contribution in [0.4, 0.5) is 0 Å². The minimum Gasteiger partial charge on any atom is -0.497 e. The van der Waals surface area contributed by atoms with Crippen molar-refractivity contribution in [3.63, 3.8) is 0 Å².